The van der Waals surface area contributed by atoms with Crippen molar-refractivity contribution in [1.29, 1.82) is 0 Å². The van der Waals surface area contributed by atoms with Crippen molar-refractivity contribution in [1.82, 2.24) is 4.31 Å². The van der Waals surface area contributed by atoms with Crippen LogP contribution in [0.2, 0.25) is 0 Å². The molecule has 1 aliphatic rings. The smallest absolute Gasteiger partial charge is 0.320 e. The first-order valence-electron chi connectivity index (χ1n) is 7.10. The molecule has 12 heteroatoms. The SMILES string of the molecule is CN1C(C(=O)Nc2cc(F)c(F)c(F)c2)=CC(c2ccc(Br)s2)=NS1(=O)=O. The number of likely N-dealkylation sites (N-methyl/N-ethyl adjacent to an activating group) is 1. The molecule has 0 aliphatic carbocycles. The number of thiophene rings is 1. The van der Waals surface area contributed by atoms with E-state index in [0.29, 0.717) is 21.3 Å². The fraction of sp³-hybridized carbons (Fsp3) is 0.0667. The van der Waals surface area contributed by atoms with Gasteiger partial charge in [0, 0.05) is 24.9 Å². The Morgan fingerprint density at radius 1 is 1.22 bits per heavy atom. The van der Waals surface area contributed by atoms with E-state index in [1.807, 2.05) is 0 Å². The Kier molecular flexibility index (Phi) is 5.14. The molecular formula is C15H9BrF3N3O3S2. The highest BCUT2D eigenvalue weighted by Crippen LogP contribution is 2.27. The molecule has 2 aromatic rings. The summed E-state index contributed by atoms with van der Waals surface area (Å²) in [6.07, 6.45) is 1.23. The van der Waals surface area contributed by atoms with Gasteiger partial charge in [0.05, 0.1) is 14.4 Å². The Balaban J connectivity index is 1.97. The lowest BCUT2D eigenvalue weighted by Crippen LogP contribution is -2.35. The molecule has 1 aliphatic heterocycles. The lowest BCUT2D eigenvalue weighted by Gasteiger charge is -2.23. The van der Waals surface area contributed by atoms with Crippen molar-refractivity contribution in [3.63, 3.8) is 0 Å². The molecule has 0 fully saturated rings. The van der Waals surface area contributed by atoms with Crippen molar-refractivity contribution in [3.8, 4) is 0 Å². The largest absolute Gasteiger partial charge is 0.345 e. The molecule has 1 amide bonds. The second-order valence-electron chi connectivity index (χ2n) is 5.26. The second-order valence-corrected chi connectivity index (χ2v) is 9.35. The number of allylic oxidation sites excluding steroid dienone is 1. The third-order valence-electron chi connectivity index (χ3n) is 3.47. The molecule has 2 heterocycles. The van der Waals surface area contributed by atoms with Crippen molar-refractivity contribution in [2.45, 2.75) is 0 Å². The molecule has 6 nitrogen and oxygen atoms in total. The quantitative estimate of drug-likeness (QED) is 0.684. The zero-order chi connectivity index (χ0) is 19.9. The van der Waals surface area contributed by atoms with Gasteiger partial charge in [-0.2, -0.15) is 8.42 Å². The summed E-state index contributed by atoms with van der Waals surface area (Å²) in [6.45, 7) is 0. The normalized spacial score (nSPS) is 16.0. The molecule has 1 aromatic carbocycles. The summed E-state index contributed by atoms with van der Waals surface area (Å²) in [5.41, 5.74) is -0.661. The van der Waals surface area contributed by atoms with Gasteiger partial charge in [-0.05, 0) is 34.1 Å². The summed E-state index contributed by atoms with van der Waals surface area (Å²) in [6, 6.07) is 4.47. The number of hydrogen-bond donors (Lipinski definition) is 1. The van der Waals surface area contributed by atoms with E-state index >= 15 is 0 Å². The zero-order valence-corrected chi connectivity index (χ0v) is 16.6. The second kappa shape index (κ2) is 7.09. The topological polar surface area (TPSA) is 78.8 Å². The summed E-state index contributed by atoms with van der Waals surface area (Å²) in [5.74, 6) is -5.62. The number of anilines is 1. The molecular weight excluding hydrogens is 471 g/mol. The van der Waals surface area contributed by atoms with Crippen molar-refractivity contribution in [3.05, 3.63) is 62.2 Å². The molecule has 0 atom stereocenters. The minimum atomic E-state index is -4.18. The van der Waals surface area contributed by atoms with Crippen LogP contribution >= 0.6 is 27.3 Å². The fourth-order valence-corrected chi connectivity index (χ4v) is 4.47. The van der Waals surface area contributed by atoms with Crippen molar-refractivity contribution in [2.75, 3.05) is 12.4 Å². The highest BCUT2D eigenvalue weighted by molar-refractivity contribution is 9.11. The minimum Gasteiger partial charge on any atom is -0.320 e. The van der Waals surface area contributed by atoms with Gasteiger partial charge in [-0.3, -0.25) is 4.79 Å². The van der Waals surface area contributed by atoms with Crippen LogP contribution in [-0.4, -0.2) is 31.4 Å². The van der Waals surface area contributed by atoms with E-state index in [2.05, 4.69) is 25.6 Å². The Hall–Kier alpha value is -2.18. The van der Waals surface area contributed by atoms with E-state index in [-0.39, 0.29) is 17.1 Å². The highest BCUT2D eigenvalue weighted by atomic mass is 79.9. The molecule has 1 aromatic heterocycles. The molecule has 0 saturated carbocycles. The fourth-order valence-electron chi connectivity index (χ4n) is 2.16. The number of rotatable bonds is 3. The van der Waals surface area contributed by atoms with Gasteiger partial charge in [0.2, 0.25) is 0 Å². The standard InChI is InChI=1S/C15H9BrF3N3O3S2/c1-22-11(15(23)20-7-4-8(17)14(19)9(18)5-7)6-10(21-27(22,24)25)12-2-3-13(16)26-12/h2-6H,1H3,(H,20,23). The molecule has 0 unspecified atom stereocenters. The molecule has 1 N–H and O–H groups in total. The van der Waals surface area contributed by atoms with Crippen LogP contribution in [0.25, 0.3) is 0 Å². The van der Waals surface area contributed by atoms with E-state index in [1.54, 1.807) is 12.1 Å². The number of nitrogens with zero attached hydrogens (tertiary/aromatic N) is 2. The number of amides is 1. The molecule has 27 heavy (non-hydrogen) atoms. The summed E-state index contributed by atoms with van der Waals surface area (Å²) in [7, 11) is -3.08. The number of carbonyl (C=O) groups is 1. The van der Waals surface area contributed by atoms with Crippen LogP contribution in [0, 0.1) is 17.5 Å². The molecule has 3 rings (SSSR count). The molecule has 0 radical (unpaired) electrons. The van der Waals surface area contributed by atoms with Gasteiger partial charge in [0.25, 0.3) is 5.91 Å². The average molecular weight is 480 g/mol. The maximum absolute atomic E-state index is 13.3. The minimum absolute atomic E-state index is 0.0328. The summed E-state index contributed by atoms with van der Waals surface area (Å²) in [5, 5.41) is 2.15. The van der Waals surface area contributed by atoms with E-state index in [4.69, 9.17) is 0 Å². The van der Waals surface area contributed by atoms with Crippen LogP contribution < -0.4 is 5.32 Å². The summed E-state index contributed by atoms with van der Waals surface area (Å²) < 4.78 is 69.1. The van der Waals surface area contributed by atoms with E-state index in [1.165, 1.54) is 17.4 Å². The van der Waals surface area contributed by atoms with Crippen LogP contribution in [-0.2, 0) is 15.0 Å². The Bertz CT molecular complexity index is 1090. The summed E-state index contributed by atoms with van der Waals surface area (Å²) >= 11 is 4.45. The first-order chi connectivity index (χ1) is 12.6. The Morgan fingerprint density at radius 3 is 2.41 bits per heavy atom. The Morgan fingerprint density at radius 2 is 1.85 bits per heavy atom. The molecule has 0 spiro atoms. The van der Waals surface area contributed by atoms with Gasteiger partial charge in [0.1, 0.15) is 5.70 Å². The first-order valence-corrected chi connectivity index (χ1v) is 10.1. The lowest BCUT2D eigenvalue weighted by atomic mass is 10.2. The molecule has 0 saturated heterocycles. The van der Waals surface area contributed by atoms with E-state index in [0.717, 1.165) is 10.8 Å². The maximum Gasteiger partial charge on any atom is 0.345 e. The molecule has 142 valence electrons. The van der Waals surface area contributed by atoms with Gasteiger partial charge in [-0.1, -0.05) is 0 Å². The zero-order valence-electron chi connectivity index (χ0n) is 13.3. The van der Waals surface area contributed by atoms with Crippen LogP contribution in [0.3, 0.4) is 0 Å². The van der Waals surface area contributed by atoms with Crippen molar-refractivity contribution < 1.29 is 26.4 Å². The molecule has 0 bridgehead atoms. The first kappa shape index (κ1) is 19.6. The van der Waals surface area contributed by atoms with Crippen LogP contribution in [0.15, 0.2) is 44.2 Å². The number of nitrogens with one attached hydrogen (secondary N) is 1. The number of benzene rings is 1. The van der Waals surface area contributed by atoms with Crippen LogP contribution in [0.1, 0.15) is 4.88 Å². The van der Waals surface area contributed by atoms with Gasteiger partial charge in [-0.15, -0.1) is 15.7 Å². The highest BCUT2D eigenvalue weighted by Gasteiger charge is 2.30. The van der Waals surface area contributed by atoms with Crippen LogP contribution in [0.5, 0.6) is 0 Å². The predicted molar refractivity (Wildman–Crippen MR) is 98.3 cm³/mol. The van der Waals surface area contributed by atoms with Crippen molar-refractivity contribution in [2.24, 2.45) is 4.40 Å². The van der Waals surface area contributed by atoms with E-state index < -0.39 is 33.6 Å². The third kappa shape index (κ3) is 3.92. The predicted octanol–water partition coefficient (Wildman–Crippen LogP) is 3.43. The van der Waals surface area contributed by atoms with Gasteiger partial charge in [0.15, 0.2) is 17.5 Å². The van der Waals surface area contributed by atoms with E-state index in [9.17, 15) is 26.4 Å². The van der Waals surface area contributed by atoms with Gasteiger partial charge >= 0.3 is 10.2 Å². The average Bonchev–Trinajstić information content (AvgIpc) is 3.01. The third-order valence-corrected chi connectivity index (χ3v) is 6.43. The monoisotopic (exact) mass is 479 g/mol. The van der Waals surface area contributed by atoms with Gasteiger partial charge < -0.3 is 5.32 Å². The number of carbonyl (C=O) groups excluding carboxylic acids is 1. The Labute approximate surface area is 164 Å². The number of hydrogen-bond acceptors (Lipinski definition) is 4. The lowest BCUT2D eigenvalue weighted by molar-refractivity contribution is -0.113. The maximum atomic E-state index is 13.3. The number of halogens is 4. The summed E-state index contributed by atoms with van der Waals surface area (Å²) in [4.78, 5) is 13.0. The van der Waals surface area contributed by atoms with Gasteiger partial charge in [-0.25, -0.2) is 17.5 Å². The van der Waals surface area contributed by atoms with Crippen LogP contribution in [0.4, 0.5) is 18.9 Å². The van der Waals surface area contributed by atoms with Crippen molar-refractivity contribution >= 4 is 54.8 Å².